The maximum Gasteiger partial charge on any atom is 0.228 e. The fraction of sp³-hybridized carbons (Fsp3) is 0.625. The summed E-state index contributed by atoms with van der Waals surface area (Å²) in [4.78, 5) is 16.6. The maximum absolute atomic E-state index is 12.6. The number of carbonyl (C=O) groups excluding carboxylic acids is 1. The van der Waals surface area contributed by atoms with Crippen LogP contribution in [-0.4, -0.2) is 10.9 Å². The van der Waals surface area contributed by atoms with Crippen molar-refractivity contribution in [1.82, 2.24) is 4.98 Å². The summed E-state index contributed by atoms with van der Waals surface area (Å²) in [5.41, 5.74) is 0.758. The van der Waals surface area contributed by atoms with Crippen LogP contribution in [0.25, 0.3) is 0 Å². The van der Waals surface area contributed by atoms with Crippen molar-refractivity contribution in [2.24, 2.45) is 29.6 Å². The van der Waals surface area contributed by atoms with Crippen LogP contribution in [0, 0.1) is 29.6 Å². The lowest BCUT2D eigenvalue weighted by molar-refractivity contribution is -0.132. The topological polar surface area (TPSA) is 42.0 Å². The molecule has 20 heavy (non-hydrogen) atoms. The number of nitrogens with one attached hydrogen (secondary N) is 1. The molecule has 4 fully saturated rings. The number of hydrogen-bond acceptors (Lipinski definition) is 2. The molecule has 1 amide bonds. The van der Waals surface area contributed by atoms with Gasteiger partial charge < -0.3 is 5.32 Å². The average Bonchev–Trinajstić information content (AvgIpc) is 2.40. The Morgan fingerprint density at radius 1 is 1.10 bits per heavy atom. The highest BCUT2D eigenvalue weighted by atomic mass is 35.5. The van der Waals surface area contributed by atoms with Crippen molar-refractivity contribution in [3.8, 4) is 0 Å². The summed E-state index contributed by atoms with van der Waals surface area (Å²) in [6.07, 6.45) is 8.13. The minimum atomic E-state index is 0.197. The van der Waals surface area contributed by atoms with E-state index < -0.39 is 0 Å². The first-order valence-electron chi connectivity index (χ1n) is 7.61. The van der Waals surface area contributed by atoms with Gasteiger partial charge >= 0.3 is 0 Å². The lowest BCUT2D eigenvalue weighted by Crippen LogP contribution is -2.49. The fourth-order valence-corrected chi connectivity index (χ4v) is 5.14. The van der Waals surface area contributed by atoms with Crippen molar-refractivity contribution < 1.29 is 4.79 Å². The number of carbonyl (C=O) groups is 1. The lowest BCUT2D eigenvalue weighted by Gasteiger charge is -2.53. The average molecular weight is 291 g/mol. The van der Waals surface area contributed by atoms with Crippen LogP contribution in [0.5, 0.6) is 0 Å². The molecule has 3 nitrogen and oxygen atoms in total. The van der Waals surface area contributed by atoms with E-state index in [1.165, 1.54) is 32.1 Å². The highest BCUT2D eigenvalue weighted by molar-refractivity contribution is 6.29. The molecule has 1 heterocycles. The van der Waals surface area contributed by atoms with E-state index in [1.54, 1.807) is 12.3 Å². The van der Waals surface area contributed by atoms with Crippen LogP contribution in [0.3, 0.4) is 0 Å². The summed E-state index contributed by atoms with van der Waals surface area (Å²) < 4.78 is 0. The molecule has 1 aromatic heterocycles. The van der Waals surface area contributed by atoms with E-state index in [0.717, 1.165) is 17.5 Å². The van der Waals surface area contributed by atoms with Crippen LogP contribution >= 0.6 is 11.6 Å². The van der Waals surface area contributed by atoms with Crippen LogP contribution in [0.4, 0.5) is 5.69 Å². The van der Waals surface area contributed by atoms with Crippen molar-refractivity contribution in [3.63, 3.8) is 0 Å². The number of anilines is 1. The second-order valence-electron chi connectivity index (χ2n) is 6.82. The minimum absolute atomic E-state index is 0.197. The molecule has 0 atom stereocenters. The third-order valence-corrected chi connectivity index (χ3v) is 5.75. The predicted octanol–water partition coefficient (Wildman–Crippen LogP) is 3.75. The zero-order valence-corrected chi connectivity index (χ0v) is 12.1. The van der Waals surface area contributed by atoms with Crippen LogP contribution in [0.15, 0.2) is 18.3 Å². The largest absolute Gasteiger partial charge is 0.324 e. The standard InChI is InChI=1S/C16H19ClN2O/c17-14-2-1-13(8-18-14)19-16(20)15-11-4-9-3-10(6-11)7-12(15)5-9/h1-2,8-12,15H,3-7H2,(H,19,20). The van der Waals surface area contributed by atoms with Gasteiger partial charge in [-0.05, 0) is 67.9 Å². The molecular weight excluding hydrogens is 272 g/mol. The molecule has 0 aliphatic heterocycles. The monoisotopic (exact) mass is 290 g/mol. The Kier molecular flexibility index (Phi) is 2.99. The summed E-state index contributed by atoms with van der Waals surface area (Å²) in [6.45, 7) is 0. The first-order valence-corrected chi connectivity index (χ1v) is 7.99. The number of aromatic nitrogens is 1. The van der Waals surface area contributed by atoms with Gasteiger partial charge in [0.25, 0.3) is 0 Å². The molecule has 4 aliphatic rings. The van der Waals surface area contributed by atoms with Crippen LogP contribution in [0.1, 0.15) is 32.1 Å². The zero-order valence-electron chi connectivity index (χ0n) is 11.4. The number of nitrogens with zero attached hydrogens (tertiary/aromatic N) is 1. The van der Waals surface area contributed by atoms with Crippen LogP contribution in [-0.2, 0) is 4.79 Å². The van der Waals surface area contributed by atoms with Crippen molar-refractivity contribution >= 4 is 23.2 Å². The van der Waals surface area contributed by atoms with Crippen LogP contribution < -0.4 is 5.32 Å². The molecule has 106 valence electrons. The van der Waals surface area contributed by atoms with E-state index >= 15 is 0 Å². The summed E-state index contributed by atoms with van der Waals surface area (Å²) in [6, 6.07) is 3.54. The van der Waals surface area contributed by atoms with Gasteiger partial charge in [0.15, 0.2) is 0 Å². The van der Waals surface area contributed by atoms with Crippen molar-refractivity contribution in [3.05, 3.63) is 23.5 Å². The van der Waals surface area contributed by atoms with E-state index in [4.69, 9.17) is 11.6 Å². The summed E-state index contributed by atoms with van der Waals surface area (Å²) in [7, 11) is 0. The smallest absolute Gasteiger partial charge is 0.228 e. The third-order valence-electron chi connectivity index (χ3n) is 5.52. The first-order chi connectivity index (χ1) is 9.69. The Morgan fingerprint density at radius 3 is 2.30 bits per heavy atom. The van der Waals surface area contributed by atoms with E-state index in [9.17, 15) is 4.79 Å². The minimum Gasteiger partial charge on any atom is -0.324 e. The van der Waals surface area contributed by atoms with Crippen LogP contribution in [0.2, 0.25) is 5.15 Å². The Hall–Kier alpha value is -1.09. The van der Waals surface area contributed by atoms with Gasteiger partial charge in [-0.15, -0.1) is 0 Å². The molecule has 5 rings (SSSR count). The highest BCUT2D eigenvalue weighted by Gasteiger charge is 2.50. The molecule has 4 heteroatoms. The Morgan fingerprint density at radius 2 is 1.75 bits per heavy atom. The van der Waals surface area contributed by atoms with Gasteiger partial charge in [-0.3, -0.25) is 4.79 Å². The number of pyridine rings is 1. The van der Waals surface area contributed by atoms with E-state index in [2.05, 4.69) is 10.3 Å². The van der Waals surface area contributed by atoms with E-state index in [0.29, 0.717) is 17.0 Å². The number of hydrogen-bond donors (Lipinski definition) is 1. The molecule has 4 bridgehead atoms. The van der Waals surface area contributed by atoms with Crippen molar-refractivity contribution in [1.29, 1.82) is 0 Å². The summed E-state index contributed by atoms with van der Waals surface area (Å²) >= 11 is 5.77. The molecule has 4 aliphatic carbocycles. The zero-order chi connectivity index (χ0) is 13.7. The summed E-state index contributed by atoms with van der Waals surface area (Å²) in [5.74, 6) is 3.46. The second-order valence-corrected chi connectivity index (χ2v) is 7.20. The Bertz CT molecular complexity index is 500. The van der Waals surface area contributed by atoms with Gasteiger partial charge in [0.2, 0.25) is 5.91 Å². The molecule has 0 saturated heterocycles. The molecule has 0 spiro atoms. The van der Waals surface area contributed by atoms with Gasteiger partial charge in [0.05, 0.1) is 11.9 Å². The molecular formula is C16H19ClN2O. The molecule has 1 N–H and O–H groups in total. The molecule has 1 aromatic rings. The second kappa shape index (κ2) is 4.73. The number of rotatable bonds is 2. The Balaban J connectivity index is 1.50. The third kappa shape index (κ3) is 2.12. The van der Waals surface area contributed by atoms with E-state index in [1.807, 2.05) is 6.07 Å². The number of halogens is 1. The molecule has 0 aromatic carbocycles. The summed E-state index contributed by atoms with van der Waals surface area (Å²) in [5, 5.41) is 3.49. The van der Waals surface area contributed by atoms with Gasteiger partial charge in [0, 0.05) is 5.92 Å². The fourth-order valence-electron chi connectivity index (χ4n) is 5.03. The SMILES string of the molecule is O=C(Nc1ccc(Cl)nc1)C1C2CC3CC(C2)CC1C3. The quantitative estimate of drug-likeness (QED) is 0.843. The molecule has 4 saturated carbocycles. The molecule has 0 radical (unpaired) electrons. The normalized spacial score (nSPS) is 38.0. The van der Waals surface area contributed by atoms with Gasteiger partial charge in [-0.1, -0.05) is 11.6 Å². The Labute approximate surface area is 124 Å². The maximum atomic E-state index is 12.6. The lowest BCUT2D eigenvalue weighted by atomic mass is 9.51. The van der Waals surface area contributed by atoms with Crippen molar-refractivity contribution in [2.45, 2.75) is 32.1 Å². The van der Waals surface area contributed by atoms with Crippen molar-refractivity contribution in [2.75, 3.05) is 5.32 Å². The van der Waals surface area contributed by atoms with Gasteiger partial charge in [-0.2, -0.15) is 0 Å². The number of amides is 1. The van der Waals surface area contributed by atoms with E-state index in [-0.39, 0.29) is 11.8 Å². The van der Waals surface area contributed by atoms with Gasteiger partial charge in [-0.25, -0.2) is 4.98 Å². The van der Waals surface area contributed by atoms with Gasteiger partial charge in [0.1, 0.15) is 5.15 Å². The highest BCUT2D eigenvalue weighted by Crippen LogP contribution is 2.56. The predicted molar refractivity (Wildman–Crippen MR) is 78.4 cm³/mol. The first kappa shape index (κ1) is 12.6. The molecule has 0 unspecified atom stereocenters.